The Kier molecular flexibility index (Phi) is 5.54. The average molecular weight is 391 g/mol. The van der Waals surface area contributed by atoms with Crippen molar-refractivity contribution < 1.29 is 14.0 Å². The molecule has 0 fully saturated rings. The van der Waals surface area contributed by atoms with E-state index in [-0.39, 0.29) is 18.3 Å². The maximum atomic E-state index is 13.0. The second kappa shape index (κ2) is 7.85. The first-order chi connectivity index (χ1) is 12.5. The molecule has 0 radical (unpaired) electrons. The number of rotatable bonds is 6. The van der Waals surface area contributed by atoms with Crippen LogP contribution in [0.15, 0.2) is 48.5 Å². The molecule has 3 rings (SSSR count). The first-order valence-corrected chi connectivity index (χ1v) is 9.14. The van der Waals surface area contributed by atoms with Crippen molar-refractivity contribution in [1.29, 1.82) is 0 Å². The largest absolute Gasteiger partial charge is 0.369 e. The van der Waals surface area contributed by atoms with Crippen LogP contribution in [0.1, 0.15) is 15.2 Å². The third kappa shape index (κ3) is 4.03. The maximum absolute atomic E-state index is 13.0. The molecule has 3 N–H and O–H groups in total. The van der Waals surface area contributed by atoms with Gasteiger partial charge in [0.25, 0.3) is 5.91 Å². The van der Waals surface area contributed by atoms with Gasteiger partial charge in [0.1, 0.15) is 10.7 Å². The lowest BCUT2D eigenvalue weighted by molar-refractivity contribution is -0.121. The number of primary amides is 1. The fourth-order valence-electron chi connectivity index (χ4n) is 2.63. The van der Waals surface area contributed by atoms with Crippen molar-refractivity contribution in [1.82, 2.24) is 5.32 Å². The van der Waals surface area contributed by atoms with E-state index in [9.17, 15) is 14.0 Å². The van der Waals surface area contributed by atoms with E-state index in [1.54, 1.807) is 12.1 Å². The van der Waals surface area contributed by atoms with Gasteiger partial charge in [0.2, 0.25) is 5.91 Å². The van der Waals surface area contributed by atoms with Crippen LogP contribution in [0, 0.1) is 11.7 Å². The van der Waals surface area contributed by atoms with E-state index in [1.165, 1.54) is 23.5 Å². The molecule has 134 valence electrons. The van der Waals surface area contributed by atoms with E-state index < -0.39 is 11.8 Å². The number of carbonyl (C=O) groups is 2. The SMILES string of the molecule is NC(=O)C(CNC(=O)c1sc2ccccc2c1Cl)Cc1ccc(F)cc1. The lowest BCUT2D eigenvalue weighted by atomic mass is 9.98. The maximum Gasteiger partial charge on any atom is 0.262 e. The molecule has 2 aromatic carbocycles. The van der Waals surface area contributed by atoms with Crippen molar-refractivity contribution >= 4 is 44.8 Å². The predicted molar refractivity (Wildman–Crippen MR) is 102 cm³/mol. The summed E-state index contributed by atoms with van der Waals surface area (Å²) in [6, 6.07) is 13.3. The summed E-state index contributed by atoms with van der Waals surface area (Å²) in [6.45, 7) is 0.0795. The number of thiophene rings is 1. The molecule has 1 heterocycles. The summed E-state index contributed by atoms with van der Waals surface area (Å²) < 4.78 is 13.9. The highest BCUT2D eigenvalue weighted by Crippen LogP contribution is 2.34. The van der Waals surface area contributed by atoms with Gasteiger partial charge in [-0.3, -0.25) is 9.59 Å². The van der Waals surface area contributed by atoms with Crippen molar-refractivity contribution in [3.63, 3.8) is 0 Å². The summed E-state index contributed by atoms with van der Waals surface area (Å²) in [6.07, 6.45) is 0.316. The monoisotopic (exact) mass is 390 g/mol. The predicted octanol–water partition coefficient (Wildman–Crippen LogP) is 3.77. The van der Waals surface area contributed by atoms with Gasteiger partial charge in [0.15, 0.2) is 0 Å². The van der Waals surface area contributed by atoms with Crippen LogP contribution in [-0.4, -0.2) is 18.4 Å². The molecule has 26 heavy (non-hydrogen) atoms. The summed E-state index contributed by atoms with van der Waals surface area (Å²) >= 11 is 7.59. The van der Waals surface area contributed by atoms with Crippen LogP contribution in [0.2, 0.25) is 5.02 Å². The summed E-state index contributed by atoms with van der Waals surface area (Å²) in [5.41, 5.74) is 6.21. The Morgan fingerprint density at radius 1 is 1.15 bits per heavy atom. The highest BCUT2D eigenvalue weighted by Gasteiger charge is 2.21. The van der Waals surface area contributed by atoms with Gasteiger partial charge in [-0.05, 0) is 30.2 Å². The summed E-state index contributed by atoms with van der Waals surface area (Å²) in [4.78, 5) is 24.6. The lowest BCUT2D eigenvalue weighted by Crippen LogP contribution is -2.37. The Morgan fingerprint density at radius 3 is 2.50 bits per heavy atom. The molecule has 0 spiro atoms. The topological polar surface area (TPSA) is 72.2 Å². The summed E-state index contributed by atoms with van der Waals surface area (Å²) in [5.74, 6) is -1.83. The molecule has 1 aromatic heterocycles. The van der Waals surface area contributed by atoms with Gasteiger partial charge in [-0.15, -0.1) is 11.3 Å². The quantitative estimate of drug-likeness (QED) is 0.672. The van der Waals surface area contributed by atoms with Crippen LogP contribution in [0.5, 0.6) is 0 Å². The number of amides is 2. The normalized spacial score (nSPS) is 12.1. The first kappa shape index (κ1) is 18.4. The molecule has 4 nitrogen and oxygen atoms in total. The Morgan fingerprint density at radius 2 is 1.85 bits per heavy atom. The smallest absolute Gasteiger partial charge is 0.262 e. The molecular formula is C19H16ClFN2O2S. The molecule has 0 aliphatic heterocycles. The van der Waals surface area contributed by atoms with Crippen LogP contribution >= 0.6 is 22.9 Å². The Bertz CT molecular complexity index is 956. The van der Waals surface area contributed by atoms with Gasteiger partial charge in [-0.2, -0.15) is 0 Å². The minimum absolute atomic E-state index is 0.0795. The van der Waals surface area contributed by atoms with Gasteiger partial charge in [-0.25, -0.2) is 4.39 Å². The minimum Gasteiger partial charge on any atom is -0.369 e. The van der Waals surface area contributed by atoms with E-state index in [0.29, 0.717) is 16.3 Å². The zero-order chi connectivity index (χ0) is 18.7. The third-order valence-corrected chi connectivity index (χ3v) is 5.72. The fourth-order valence-corrected chi connectivity index (χ4v) is 4.07. The molecular weight excluding hydrogens is 375 g/mol. The Balaban J connectivity index is 1.70. The number of nitrogens with one attached hydrogen (secondary N) is 1. The molecule has 0 bridgehead atoms. The van der Waals surface area contributed by atoms with Crippen molar-refractivity contribution in [2.45, 2.75) is 6.42 Å². The molecule has 3 aromatic rings. The van der Waals surface area contributed by atoms with E-state index >= 15 is 0 Å². The zero-order valence-corrected chi connectivity index (χ0v) is 15.2. The van der Waals surface area contributed by atoms with E-state index in [1.807, 2.05) is 24.3 Å². The number of fused-ring (bicyclic) bond motifs is 1. The minimum atomic E-state index is -0.599. The van der Waals surface area contributed by atoms with Crippen molar-refractivity contribution in [3.05, 3.63) is 69.8 Å². The van der Waals surface area contributed by atoms with Gasteiger partial charge in [0, 0.05) is 16.6 Å². The second-order valence-electron chi connectivity index (χ2n) is 5.88. The Labute approximate surface area is 158 Å². The highest BCUT2D eigenvalue weighted by molar-refractivity contribution is 7.21. The first-order valence-electron chi connectivity index (χ1n) is 7.94. The number of carbonyl (C=O) groups excluding carboxylic acids is 2. The average Bonchev–Trinajstić information content (AvgIpc) is 2.97. The molecule has 0 saturated carbocycles. The van der Waals surface area contributed by atoms with Crippen LogP contribution in [0.25, 0.3) is 10.1 Å². The van der Waals surface area contributed by atoms with Gasteiger partial charge in [-0.1, -0.05) is 41.9 Å². The number of halogens is 2. The summed E-state index contributed by atoms with van der Waals surface area (Å²) in [5, 5.41) is 3.95. The molecule has 0 aliphatic rings. The molecule has 2 amide bonds. The molecule has 1 unspecified atom stereocenters. The van der Waals surface area contributed by atoms with Gasteiger partial charge in [0.05, 0.1) is 10.9 Å². The fraction of sp³-hybridized carbons (Fsp3) is 0.158. The van der Waals surface area contributed by atoms with Crippen molar-refractivity contribution in [3.8, 4) is 0 Å². The molecule has 0 aliphatic carbocycles. The zero-order valence-electron chi connectivity index (χ0n) is 13.7. The number of hydrogen-bond acceptors (Lipinski definition) is 3. The van der Waals surface area contributed by atoms with Crippen molar-refractivity contribution in [2.75, 3.05) is 6.54 Å². The molecule has 1 atom stereocenters. The van der Waals surface area contributed by atoms with Gasteiger partial charge < -0.3 is 11.1 Å². The number of benzene rings is 2. The van der Waals surface area contributed by atoms with Crippen LogP contribution in [0.4, 0.5) is 4.39 Å². The van der Waals surface area contributed by atoms with Crippen LogP contribution in [0.3, 0.4) is 0 Å². The highest BCUT2D eigenvalue weighted by atomic mass is 35.5. The second-order valence-corrected chi connectivity index (χ2v) is 7.31. The van der Waals surface area contributed by atoms with Crippen molar-refractivity contribution in [2.24, 2.45) is 11.7 Å². The lowest BCUT2D eigenvalue weighted by Gasteiger charge is -2.14. The van der Waals surface area contributed by atoms with Crippen LogP contribution < -0.4 is 11.1 Å². The summed E-state index contributed by atoms with van der Waals surface area (Å²) in [7, 11) is 0. The van der Waals surface area contributed by atoms with E-state index in [2.05, 4.69) is 5.32 Å². The third-order valence-electron chi connectivity index (χ3n) is 4.05. The molecule has 0 saturated heterocycles. The van der Waals surface area contributed by atoms with Gasteiger partial charge >= 0.3 is 0 Å². The van der Waals surface area contributed by atoms with E-state index in [4.69, 9.17) is 17.3 Å². The van der Waals surface area contributed by atoms with Crippen LogP contribution in [-0.2, 0) is 11.2 Å². The standard InChI is InChI=1S/C19H16ClFN2O2S/c20-16-14-3-1-2-4-15(14)26-17(16)19(25)23-10-12(18(22)24)9-11-5-7-13(21)8-6-11/h1-8,12H,9-10H2,(H2,22,24)(H,23,25). The Hall–Kier alpha value is -2.44. The molecule has 7 heteroatoms. The number of hydrogen-bond donors (Lipinski definition) is 2. The van der Waals surface area contributed by atoms with E-state index in [0.717, 1.165) is 15.6 Å². The number of nitrogens with two attached hydrogens (primary N) is 1.